The Morgan fingerprint density at radius 1 is 1.32 bits per heavy atom. The third-order valence-electron chi connectivity index (χ3n) is 3.12. The van der Waals surface area contributed by atoms with Crippen molar-refractivity contribution in [2.75, 3.05) is 6.61 Å². The van der Waals surface area contributed by atoms with Crippen molar-refractivity contribution in [3.8, 4) is 0 Å². The van der Waals surface area contributed by atoms with Crippen LogP contribution in [0.4, 0.5) is 0 Å². The molecule has 0 saturated carbocycles. The molecule has 19 heavy (non-hydrogen) atoms. The van der Waals surface area contributed by atoms with Gasteiger partial charge in [0.1, 0.15) is 0 Å². The summed E-state index contributed by atoms with van der Waals surface area (Å²) in [6, 6.07) is 9.84. The minimum Gasteiger partial charge on any atom is -0.394 e. The molecule has 1 aromatic rings. The average Bonchev–Trinajstić information content (AvgIpc) is 2.36. The third-order valence-corrected chi connectivity index (χ3v) is 3.12. The molecule has 3 heteroatoms. The van der Waals surface area contributed by atoms with E-state index in [-0.39, 0.29) is 24.0 Å². The summed E-state index contributed by atoms with van der Waals surface area (Å²) in [6.45, 7) is 5.97. The Balaban J connectivity index is 2.32. The Kier molecular flexibility index (Phi) is 6.03. The number of rotatable bonds is 6. The van der Waals surface area contributed by atoms with Gasteiger partial charge < -0.3 is 10.4 Å². The van der Waals surface area contributed by atoms with Gasteiger partial charge in [-0.05, 0) is 23.8 Å². The highest BCUT2D eigenvalue weighted by atomic mass is 16.3. The van der Waals surface area contributed by atoms with Crippen molar-refractivity contribution in [2.45, 2.75) is 39.7 Å². The standard InChI is InChI=1S/C16H24NO2/c1-16(2,3)14(12-18)17-15(19)11-7-10-13-8-5-4-6-9-13/h4-9,14,18H,10-12H2,1-3H3,(H,17,19)/t14-/m0/s1. The van der Waals surface area contributed by atoms with Crippen molar-refractivity contribution in [2.24, 2.45) is 5.41 Å². The van der Waals surface area contributed by atoms with E-state index in [1.807, 2.05) is 57.5 Å². The van der Waals surface area contributed by atoms with Crippen molar-refractivity contribution in [3.05, 3.63) is 42.3 Å². The van der Waals surface area contributed by atoms with Gasteiger partial charge >= 0.3 is 0 Å². The van der Waals surface area contributed by atoms with Gasteiger partial charge in [-0.25, -0.2) is 0 Å². The molecule has 0 bridgehead atoms. The topological polar surface area (TPSA) is 49.3 Å². The van der Waals surface area contributed by atoms with Crippen LogP contribution in [0.1, 0.15) is 32.8 Å². The summed E-state index contributed by atoms with van der Waals surface area (Å²) < 4.78 is 0. The van der Waals surface area contributed by atoms with E-state index in [2.05, 4.69) is 5.32 Å². The summed E-state index contributed by atoms with van der Waals surface area (Å²) in [5.41, 5.74) is 1.06. The van der Waals surface area contributed by atoms with Gasteiger partial charge in [0, 0.05) is 6.42 Å². The number of nitrogens with one attached hydrogen (secondary N) is 1. The molecular weight excluding hydrogens is 238 g/mol. The minimum atomic E-state index is -0.204. The van der Waals surface area contributed by atoms with Crippen LogP contribution in [-0.2, 0) is 11.2 Å². The maximum absolute atomic E-state index is 11.8. The Labute approximate surface area is 116 Å². The summed E-state index contributed by atoms with van der Waals surface area (Å²) in [5, 5.41) is 12.2. The highest BCUT2D eigenvalue weighted by Crippen LogP contribution is 2.18. The van der Waals surface area contributed by atoms with Gasteiger partial charge in [-0.2, -0.15) is 0 Å². The minimum absolute atomic E-state index is 0.0338. The van der Waals surface area contributed by atoms with Crippen molar-refractivity contribution in [1.29, 1.82) is 0 Å². The number of carbonyl (C=O) groups is 1. The Morgan fingerprint density at radius 3 is 2.47 bits per heavy atom. The number of hydrogen-bond donors (Lipinski definition) is 2. The highest BCUT2D eigenvalue weighted by molar-refractivity contribution is 5.77. The fraction of sp³-hybridized carbons (Fsp3) is 0.500. The summed E-state index contributed by atoms with van der Waals surface area (Å²) >= 11 is 0. The molecule has 0 fully saturated rings. The van der Waals surface area contributed by atoms with Crippen LogP contribution in [0.15, 0.2) is 30.3 Å². The van der Waals surface area contributed by atoms with Crippen molar-refractivity contribution in [3.63, 3.8) is 0 Å². The fourth-order valence-electron chi connectivity index (χ4n) is 1.77. The van der Waals surface area contributed by atoms with E-state index in [1.165, 1.54) is 5.56 Å². The molecular formula is C16H24NO2. The van der Waals surface area contributed by atoms with Crippen molar-refractivity contribution < 1.29 is 9.90 Å². The van der Waals surface area contributed by atoms with E-state index in [0.29, 0.717) is 6.42 Å². The lowest BCUT2D eigenvalue weighted by molar-refractivity contribution is -0.122. The molecule has 0 aromatic heterocycles. The molecule has 0 saturated heterocycles. The van der Waals surface area contributed by atoms with E-state index in [9.17, 15) is 9.90 Å². The van der Waals surface area contributed by atoms with E-state index >= 15 is 0 Å². The molecule has 0 unspecified atom stereocenters. The Hall–Kier alpha value is -1.35. The zero-order valence-corrected chi connectivity index (χ0v) is 12.0. The SMILES string of the molecule is CC(C)(C)[C@H](CO)NC(=O)C[CH]Cc1ccccc1. The summed E-state index contributed by atoms with van der Waals surface area (Å²) in [5.74, 6) is -0.0371. The van der Waals surface area contributed by atoms with Gasteiger partial charge in [0.2, 0.25) is 5.91 Å². The molecule has 0 aliphatic rings. The third kappa shape index (κ3) is 5.88. The van der Waals surface area contributed by atoms with E-state index in [1.54, 1.807) is 0 Å². The molecule has 0 aliphatic carbocycles. The van der Waals surface area contributed by atoms with Gasteiger partial charge in [-0.15, -0.1) is 0 Å². The summed E-state index contributed by atoms with van der Waals surface area (Å²) in [4.78, 5) is 11.8. The summed E-state index contributed by atoms with van der Waals surface area (Å²) in [6.07, 6.45) is 3.12. The van der Waals surface area contributed by atoms with E-state index in [0.717, 1.165) is 6.42 Å². The second-order valence-electron chi connectivity index (χ2n) is 5.85. The second kappa shape index (κ2) is 7.29. The van der Waals surface area contributed by atoms with Crippen LogP contribution >= 0.6 is 0 Å². The van der Waals surface area contributed by atoms with Crippen molar-refractivity contribution >= 4 is 5.91 Å². The van der Waals surface area contributed by atoms with Gasteiger partial charge in [0.05, 0.1) is 12.6 Å². The molecule has 1 atom stereocenters. The van der Waals surface area contributed by atoms with E-state index in [4.69, 9.17) is 0 Å². The van der Waals surface area contributed by atoms with Gasteiger partial charge in [0.25, 0.3) is 0 Å². The Bertz CT molecular complexity index is 381. The molecule has 1 radical (unpaired) electrons. The molecule has 0 spiro atoms. The molecule has 1 amide bonds. The second-order valence-corrected chi connectivity index (χ2v) is 5.85. The lowest BCUT2D eigenvalue weighted by Gasteiger charge is -2.29. The zero-order chi connectivity index (χ0) is 14.3. The quantitative estimate of drug-likeness (QED) is 0.826. The van der Waals surface area contributed by atoms with Crippen LogP contribution in [0, 0.1) is 11.8 Å². The number of hydrogen-bond acceptors (Lipinski definition) is 2. The average molecular weight is 262 g/mol. The number of benzene rings is 1. The van der Waals surface area contributed by atoms with Crippen LogP contribution < -0.4 is 5.32 Å². The van der Waals surface area contributed by atoms with Crippen LogP contribution in [0.25, 0.3) is 0 Å². The molecule has 1 aromatic carbocycles. The molecule has 2 N–H and O–H groups in total. The smallest absolute Gasteiger partial charge is 0.220 e. The number of aliphatic hydroxyl groups excluding tert-OH is 1. The van der Waals surface area contributed by atoms with E-state index < -0.39 is 0 Å². The van der Waals surface area contributed by atoms with Gasteiger partial charge in [-0.1, -0.05) is 51.1 Å². The first kappa shape index (κ1) is 15.7. The van der Waals surface area contributed by atoms with Crippen molar-refractivity contribution in [1.82, 2.24) is 5.32 Å². The first-order chi connectivity index (χ1) is 8.93. The molecule has 105 valence electrons. The molecule has 0 aliphatic heterocycles. The normalized spacial score (nSPS) is 13.1. The first-order valence-electron chi connectivity index (χ1n) is 6.69. The van der Waals surface area contributed by atoms with Gasteiger partial charge in [-0.3, -0.25) is 4.79 Å². The lowest BCUT2D eigenvalue weighted by Crippen LogP contribution is -2.46. The number of amides is 1. The van der Waals surface area contributed by atoms with Crippen LogP contribution in [0.5, 0.6) is 0 Å². The summed E-state index contributed by atoms with van der Waals surface area (Å²) in [7, 11) is 0. The fourth-order valence-corrected chi connectivity index (χ4v) is 1.77. The molecule has 0 heterocycles. The van der Waals surface area contributed by atoms with Gasteiger partial charge in [0.15, 0.2) is 0 Å². The largest absolute Gasteiger partial charge is 0.394 e. The molecule has 1 rings (SSSR count). The maximum Gasteiger partial charge on any atom is 0.220 e. The maximum atomic E-state index is 11.8. The number of carbonyl (C=O) groups excluding carboxylic acids is 1. The number of aliphatic hydroxyl groups is 1. The molecule has 3 nitrogen and oxygen atoms in total. The lowest BCUT2D eigenvalue weighted by atomic mass is 9.87. The van der Waals surface area contributed by atoms with Crippen LogP contribution in [-0.4, -0.2) is 23.7 Å². The van der Waals surface area contributed by atoms with Crippen LogP contribution in [0.3, 0.4) is 0 Å². The Morgan fingerprint density at radius 2 is 1.95 bits per heavy atom. The predicted octanol–water partition coefficient (Wildman–Crippen LogP) is 2.35. The monoisotopic (exact) mass is 262 g/mol. The highest BCUT2D eigenvalue weighted by Gasteiger charge is 2.25. The first-order valence-corrected chi connectivity index (χ1v) is 6.69. The van der Waals surface area contributed by atoms with Crippen LogP contribution in [0.2, 0.25) is 0 Å². The predicted molar refractivity (Wildman–Crippen MR) is 77.5 cm³/mol. The zero-order valence-electron chi connectivity index (χ0n) is 12.0.